The summed E-state index contributed by atoms with van der Waals surface area (Å²) in [6.45, 7) is 1.27. The number of carbonyl (C=O) groups is 1. The van der Waals surface area contributed by atoms with E-state index in [1.807, 2.05) is 4.90 Å². The van der Waals surface area contributed by atoms with Gasteiger partial charge in [-0.3, -0.25) is 0 Å². The first-order chi connectivity index (χ1) is 11.6. The maximum absolute atomic E-state index is 13.3. The summed E-state index contributed by atoms with van der Waals surface area (Å²) in [4.78, 5) is 17.2. The molecule has 7 nitrogen and oxygen atoms in total. The van der Waals surface area contributed by atoms with Gasteiger partial charge in [0.25, 0.3) is 5.95 Å². The molecule has 1 aliphatic heterocycles. The van der Waals surface area contributed by atoms with E-state index >= 15 is 0 Å². The van der Waals surface area contributed by atoms with Gasteiger partial charge in [0.2, 0.25) is 0 Å². The third-order valence-electron chi connectivity index (χ3n) is 3.69. The lowest BCUT2D eigenvalue weighted by molar-refractivity contribution is 0.0545. The van der Waals surface area contributed by atoms with E-state index in [2.05, 4.69) is 30.8 Å². The summed E-state index contributed by atoms with van der Waals surface area (Å²) < 4.78 is 29.3. The van der Waals surface area contributed by atoms with Crippen LogP contribution in [0.25, 0.3) is 0 Å². The summed E-state index contributed by atoms with van der Waals surface area (Å²) in [6.07, 6.45) is 1.39. The fraction of sp³-hybridized carbons (Fsp3) is 0.400. The Hall–Kier alpha value is -2.16. The molecule has 1 aromatic heterocycles. The second-order valence-corrected chi connectivity index (χ2v) is 6.12. The van der Waals surface area contributed by atoms with E-state index in [9.17, 15) is 9.18 Å². The number of methoxy groups -OCH3 is 1. The highest BCUT2D eigenvalue weighted by Gasteiger charge is 2.25. The molecule has 1 aliphatic rings. The number of carbonyl (C=O) groups excluding carboxylic acids is 1. The van der Waals surface area contributed by atoms with Gasteiger partial charge in [0.15, 0.2) is 0 Å². The molecule has 0 spiro atoms. The maximum atomic E-state index is 13.3. The van der Waals surface area contributed by atoms with Gasteiger partial charge in [0.1, 0.15) is 17.7 Å². The SMILES string of the molecule is COC(=O)c1nc(N2CCC(Oc3cc(F)ccc3Br)CC2)no1. The predicted molar refractivity (Wildman–Crippen MR) is 85.6 cm³/mol. The number of aromatic nitrogens is 2. The number of piperidine rings is 1. The number of rotatable bonds is 4. The highest BCUT2D eigenvalue weighted by atomic mass is 79.9. The summed E-state index contributed by atoms with van der Waals surface area (Å²) in [6, 6.07) is 4.35. The van der Waals surface area contributed by atoms with Crippen LogP contribution in [0.5, 0.6) is 5.75 Å². The van der Waals surface area contributed by atoms with Crippen LogP contribution in [0.3, 0.4) is 0 Å². The van der Waals surface area contributed by atoms with Crippen molar-refractivity contribution in [1.82, 2.24) is 10.1 Å². The van der Waals surface area contributed by atoms with Crippen molar-refractivity contribution in [3.05, 3.63) is 34.4 Å². The molecule has 9 heteroatoms. The summed E-state index contributed by atoms with van der Waals surface area (Å²) in [5.74, 6) is -0.341. The molecular formula is C15H15BrFN3O4. The van der Waals surface area contributed by atoms with Crippen LogP contribution >= 0.6 is 15.9 Å². The molecule has 0 radical (unpaired) electrons. The van der Waals surface area contributed by atoms with E-state index in [0.717, 1.165) is 0 Å². The lowest BCUT2D eigenvalue weighted by Gasteiger charge is -2.31. The topological polar surface area (TPSA) is 77.7 Å². The van der Waals surface area contributed by atoms with Crippen LogP contribution in [-0.4, -0.2) is 42.4 Å². The van der Waals surface area contributed by atoms with Gasteiger partial charge in [-0.2, -0.15) is 4.98 Å². The number of anilines is 1. The van der Waals surface area contributed by atoms with E-state index in [1.165, 1.54) is 19.2 Å². The first kappa shape index (κ1) is 16.7. The van der Waals surface area contributed by atoms with E-state index in [4.69, 9.17) is 9.26 Å². The molecule has 1 saturated heterocycles. The van der Waals surface area contributed by atoms with Gasteiger partial charge >= 0.3 is 11.9 Å². The molecule has 2 aromatic rings. The van der Waals surface area contributed by atoms with Crippen LogP contribution in [-0.2, 0) is 4.74 Å². The van der Waals surface area contributed by atoms with Crippen LogP contribution in [0.4, 0.5) is 10.3 Å². The molecule has 128 valence electrons. The Bertz CT molecular complexity index is 731. The van der Waals surface area contributed by atoms with Gasteiger partial charge in [0.05, 0.1) is 11.6 Å². The minimum Gasteiger partial charge on any atom is -0.489 e. The minimum atomic E-state index is -0.664. The number of esters is 1. The molecule has 0 bridgehead atoms. The molecule has 1 fully saturated rings. The molecule has 0 unspecified atom stereocenters. The highest BCUT2D eigenvalue weighted by molar-refractivity contribution is 9.10. The molecule has 24 heavy (non-hydrogen) atoms. The molecule has 0 atom stereocenters. The molecule has 0 amide bonds. The number of halogens is 2. The Morgan fingerprint density at radius 1 is 1.42 bits per heavy atom. The van der Waals surface area contributed by atoms with Crippen molar-refractivity contribution in [2.75, 3.05) is 25.1 Å². The van der Waals surface area contributed by atoms with Crippen molar-refractivity contribution < 1.29 is 23.2 Å². The fourth-order valence-electron chi connectivity index (χ4n) is 2.44. The zero-order valence-corrected chi connectivity index (χ0v) is 14.5. The van der Waals surface area contributed by atoms with Crippen molar-refractivity contribution in [1.29, 1.82) is 0 Å². The zero-order chi connectivity index (χ0) is 17.1. The molecule has 0 N–H and O–H groups in total. The average Bonchev–Trinajstić information content (AvgIpc) is 3.08. The summed E-state index contributed by atoms with van der Waals surface area (Å²) in [5, 5.41) is 3.78. The third kappa shape index (κ3) is 3.66. The number of nitrogens with zero attached hydrogens (tertiary/aromatic N) is 3. The Kier molecular flexibility index (Phi) is 4.98. The molecule has 0 saturated carbocycles. The van der Waals surface area contributed by atoms with Crippen LogP contribution in [0.2, 0.25) is 0 Å². The minimum absolute atomic E-state index is 0.0358. The van der Waals surface area contributed by atoms with Crippen molar-refractivity contribution in [2.24, 2.45) is 0 Å². The highest BCUT2D eigenvalue weighted by Crippen LogP contribution is 2.29. The smallest absolute Gasteiger partial charge is 0.397 e. The van der Waals surface area contributed by atoms with Crippen molar-refractivity contribution in [3.8, 4) is 5.75 Å². The number of benzene rings is 1. The maximum Gasteiger partial charge on any atom is 0.397 e. The molecule has 1 aromatic carbocycles. The normalized spacial score (nSPS) is 15.4. The van der Waals surface area contributed by atoms with Gasteiger partial charge in [0, 0.05) is 32.0 Å². The average molecular weight is 400 g/mol. The van der Waals surface area contributed by atoms with Crippen LogP contribution in [0.15, 0.2) is 27.2 Å². The number of ether oxygens (including phenoxy) is 2. The van der Waals surface area contributed by atoms with E-state index in [-0.39, 0.29) is 17.8 Å². The lowest BCUT2D eigenvalue weighted by Crippen LogP contribution is -2.38. The first-order valence-corrected chi connectivity index (χ1v) is 8.15. The third-order valence-corrected chi connectivity index (χ3v) is 4.34. The second kappa shape index (κ2) is 7.16. The van der Waals surface area contributed by atoms with Crippen molar-refractivity contribution in [3.63, 3.8) is 0 Å². The molecular weight excluding hydrogens is 385 g/mol. The Morgan fingerprint density at radius 2 is 2.17 bits per heavy atom. The zero-order valence-electron chi connectivity index (χ0n) is 12.9. The van der Waals surface area contributed by atoms with Gasteiger partial charge < -0.3 is 18.9 Å². The second-order valence-electron chi connectivity index (χ2n) is 5.27. The van der Waals surface area contributed by atoms with Gasteiger partial charge in [-0.25, -0.2) is 9.18 Å². The Morgan fingerprint density at radius 3 is 2.88 bits per heavy atom. The number of hydrogen-bond donors (Lipinski definition) is 0. The predicted octanol–water partition coefficient (Wildman–Crippen LogP) is 2.81. The van der Waals surface area contributed by atoms with E-state index in [0.29, 0.717) is 42.1 Å². The monoisotopic (exact) mass is 399 g/mol. The first-order valence-electron chi connectivity index (χ1n) is 7.35. The van der Waals surface area contributed by atoms with Crippen molar-refractivity contribution in [2.45, 2.75) is 18.9 Å². The summed E-state index contributed by atoms with van der Waals surface area (Å²) >= 11 is 3.35. The van der Waals surface area contributed by atoms with Crippen LogP contribution < -0.4 is 9.64 Å². The van der Waals surface area contributed by atoms with Crippen molar-refractivity contribution >= 4 is 27.8 Å². The van der Waals surface area contributed by atoms with E-state index < -0.39 is 5.97 Å². The van der Waals surface area contributed by atoms with Gasteiger partial charge in [-0.05, 0) is 33.2 Å². The van der Waals surface area contributed by atoms with E-state index in [1.54, 1.807) is 6.07 Å². The lowest BCUT2D eigenvalue weighted by atomic mass is 10.1. The summed E-state index contributed by atoms with van der Waals surface area (Å²) in [5.41, 5.74) is 0. The molecule has 2 heterocycles. The fourth-order valence-corrected chi connectivity index (χ4v) is 2.78. The van der Waals surface area contributed by atoms with Crippen LogP contribution in [0.1, 0.15) is 23.5 Å². The summed E-state index contributed by atoms with van der Waals surface area (Å²) in [7, 11) is 1.25. The van der Waals surface area contributed by atoms with Crippen LogP contribution in [0, 0.1) is 5.82 Å². The van der Waals surface area contributed by atoms with Gasteiger partial charge in [-0.1, -0.05) is 0 Å². The largest absolute Gasteiger partial charge is 0.489 e. The Labute approximate surface area is 145 Å². The number of hydrogen-bond acceptors (Lipinski definition) is 7. The molecule has 0 aliphatic carbocycles. The standard InChI is InChI=1S/C15H15BrFN3O4/c1-22-14(21)13-18-15(19-24-13)20-6-4-10(5-7-20)23-12-8-9(17)2-3-11(12)16/h2-3,8,10H,4-7H2,1H3. The molecule has 3 rings (SSSR count). The Balaban J connectivity index is 1.58. The quantitative estimate of drug-likeness (QED) is 0.731. The van der Waals surface area contributed by atoms with Gasteiger partial charge in [-0.15, -0.1) is 0 Å².